The summed E-state index contributed by atoms with van der Waals surface area (Å²) >= 11 is 0. The molecule has 29 heavy (non-hydrogen) atoms. The highest BCUT2D eigenvalue weighted by Crippen LogP contribution is 2.40. The molecule has 0 unspecified atom stereocenters. The SMILES string of the molecule is CCOc1cc2c3c(ccc2cc1C#N)O[C@H](c1cc(F)c(F)cc1F)[C@@H](N)C3. The summed E-state index contributed by atoms with van der Waals surface area (Å²) in [6, 6.07) is 9.70. The van der Waals surface area contributed by atoms with E-state index in [0.29, 0.717) is 36.2 Å². The summed E-state index contributed by atoms with van der Waals surface area (Å²) in [6.45, 7) is 2.23. The largest absolute Gasteiger partial charge is 0.492 e. The van der Waals surface area contributed by atoms with Crippen LogP contribution in [0.1, 0.15) is 29.7 Å². The molecule has 1 aliphatic heterocycles. The Morgan fingerprint density at radius 3 is 2.62 bits per heavy atom. The zero-order valence-electron chi connectivity index (χ0n) is 15.5. The molecule has 0 saturated heterocycles. The first-order valence-electron chi connectivity index (χ1n) is 9.12. The van der Waals surface area contributed by atoms with Gasteiger partial charge in [-0.2, -0.15) is 5.26 Å². The van der Waals surface area contributed by atoms with Gasteiger partial charge in [-0.15, -0.1) is 0 Å². The van der Waals surface area contributed by atoms with Crippen LogP contribution in [0, 0.1) is 28.8 Å². The number of nitrogens with two attached hydrogens (primary N) is 1. The van der Waals surface area contributed by atoms with Crippen LogP contribution in [0.25, 0.3) is 10.8 Å². The molecule has 2 N–H and O–H groups in total. The van der Waals surface area contributed by atoms with Crippen molar-refractivity contribution in [2.75, 3.05) is 6.61 Å². The van der Waals surface area contributed by atoms with Crippen molar-refractivity contribution >= 4 is 10.8 Å². The highest BCUT2D eigenvalue weighted by molar-refractivity contribution is 5.91. The van der Waals surface area contributed by atoms with Gasteiger partial charge in [0.05, 0.1) is 18.2 Å². The van der Waals surface area contributed by atoms with Gasteiger partial charge in [0.1, 0.15) is 29.5 Å². The number of benzene rings is 3. The monoisotopic (exact) mass is 398 g/mol. The minimum absolute atomic E-state index is 0.128. The summed E-state index contributed by atoms with van der Waals surface area (Å²) in [5, 5.41) is 11.0. The number of nitrogens with zero attached hydrogens (tertiary/aromatic N) is 1. The molecule has 0 amide bonds. The number of halogens is 3. The van der Waals surface area contributed by atoms with Gasteiger partial charge in [0, 0.05) is 17.2 Å². The van der Waals surface area contributed by atoms with Crippen LogP contribution in [0.3, 0.4) is 0 Å². The zero-order chi connectivity index (χ0) is 20.7. The summed E-state index contributed by atoms with van der Waals surface area (Å²) in [7, 11) is 0. The lowest BCUT2D eigenvalue weighted by atomic mass is 9.89. The van der Waals surface area contributed by atoms with Crippen LogP contribution in [-0.2, 0) is 6.42 Å². The van der Waals surface area contributed by atoms with Crippen molar-refractivity contribution in [1.29, 1.82) is 5.26 Å². The van der Waals surface area contributed by atoms with Gasteiger partial charge < -0.3 is 15.2 Å². The molecule has 7 heteroatoms. The Labute approximate surface area is 165 Å². The summed E-state index contributed by atoms with van der Waals surface area (Å²) in [6.07, 6.45) is -0.632. The second-order valence-electron chi connectivity index (χ2n) is 6.85. The summed E-state index contributed by atoms with van der Waals surface area (Å²) in [5.41, 5.74) is 7.32. The molecular formula is C22H17F3N2O2. The molecular weight excluding hydrogens is 381 g/mol. The number of nitriles is 1. The fourth-order valence-electron chi connectivity index (χ4n) is 3.69. The smallest absolute Gasteiger partial charge is 0.161 e. The second kappa shape index (κ2) is 7.30. The van der Waals surface area contributed by atoms with Gasteiger partial charge in [0.25, 0.3) is 0 Å². The Morgan fingerprint density at radius 1 is 1.14 bits per heavy atom. The molecule has 1 heterocycles. The predicted molar refractivity (Wildman–Crippen MR) is 101 cm³/mol. The Hall–Kier alpha value is -3.24. The van der Waals surface area contributed by atoms with E-state index < -0.39 is 29.6 Å². The molecule has 0 aliphatic carbocycles. The van der Waals surface area contributed by atoms with E-state index in [-0.39, 0.29) is 5.56 Å². The molecule has 1 aliphatic rings. The van der Waals surface area contributed by atoms with Gasteiger partial charge in [-0.3, -0.25) is 0 Å². The third-order valence-corrected chi connectivity index (χ3v) is 5.04. The number of fused-ring (bicyclic) bond motifs is 3. The zero-order valence-corrected chi connectivity index (χ0v) is 15.5. The van der Waals surface area contributed by atoms with Crippen LogP contribution in [-0.4, -0.2) is 12.6 Å². The van der Waals surface area contributed by atoms with E-state index in [4.69, 9.17) is 15.2 Å². The summed E-state index contributed by atoms with van der Waals surface area (Å²) in [4.78, 5) is 0. The Balaban J connectivity index is 1.81. The lowest BCUT2D eigenvalue weighted by Gasteiger charge is -2.32. The van der Waals surface area contributed by atoms with Crippen molar-refractivity contribution in [3.8, 4) is 17.6 Å². The molecule has 0 spiro atoms. The average Bonchev–Trinajstić information content (AvgIpc) is 2.70. The number of hydrogen-bond donors (Lipinski definition) is 1. The van der Waals surface area contributed by atoms with Crippen molar-refractivity contribution < 1.29 is 22.6 Å². The van der Waals surface area contributed by atoms with Gasteiger partial charge in [0.2, 0.25) is 0 Å². The minimum Gasteiger partial charge on any atom is -0.492 e. The maximum Gasteiger partial charge on any atom is 0.161 e. The molecule has 0 radical (unpaired) electrons. The maximum absolute atomic E-state index is 14.2. The van der Waals surface area contributed by atoms with Crippen molar-refractivity contribution in [3.05, 3.63) is 70.5 Å². The van der Waals surface area contributed by atoms with Gasteiger partial charge in [-0.1, -0.05) is 6.07 Å². The lowest BCUT2D eigenvalue weighted by Crippen LogP contribution is -2.38. The Bertz CT molecular complexity index is 1160. The highest BCUT2D eigenvalue weighted by atomic mass is 19.2. The first kappa shape index (κ1) is 19.1. The van der Waals surface area contributed by atoms with E-state index in [0.717, 1.165) is 22.4 Å². The Morgan fingerprint density at radius 2 is 1.90 bits per heavy atom. The molecule has 0 bridgehead atoms. The van der Waals surface area contributed by atoms with Crippen LogP contribution in [0.2, 0.25) is 0 Å². The van der Waals surface area contributed by atoms with E-state index in [9.17, 15) is 18.4 Å². The van der Waals surface area contributed by atoms with E-state index in [1.54, 1.807) is 24.3 Å². The lowest BCUT2D eigenvalue weighted by molar-refractivity contribution is 0.149. The van der Waals surface area contributed by atoms with Gasteiger partial charge in [-0.25, -0.2) is 13.2 Å². The van der Waals surface area contributed by atoms with E-state index in [1.165, 1.54) is 0 Å². The van der Waals surface area contributed by atoms with Crippen molar-refractivity contribution in [1.82, 2.24) is 0 Å². The maximum atomic E-state index is 14.2. The molecule has 2 atom stereocenters. The van der Waals surface area contributed by atoms with E-state index in [1.807, 2.05) is 6.92 Å². The molecule has 148 valence electrons. The summed E-state index contributed by atoms with van der Waals surface area (Å²) < 4.78 is 52.7. The van der Waals surface area contributed by atoms with Gasteiger partial charge in [-0.05, 0) is 48.4 Å². The molecule has 3 aromatic carbocycles. The van der Waals surface area contributed by atoms with Gasteiger partial charge >= 0.3 is 0 Å². The fraction of sp³-hybridized carbons (Fsp3) is 0.227. The van der Waals surface area contributed by atoms with Crippen LogP contribution >= 0.6 is 0 Å². The summed E-state index contributed by atoms with van der Waals surface area (Å²) in [5.74, 6) is -2.41. The molecule has 3 aromatic rings. The van der Waals surface area contributed by atoms with Crippen molar-refractivity contribution in [3.63, 3.8) is 0 Å². The van der Waals surface area contributed by atoms with E-state index in [2.05, 4.69) is 6.07 Å². The number of hydrogen-bond acceptors (Lipinski definition) is 4. The number of rotatable bonds is 3. The van der Waals surface area contributed by atoms with E-state index >= 15 is 0 Å². The quantitative estimate of drug-likeness (QED) is 0.658. The van der Waals surface area contributed by atoms with Crippen molar-refractivity contribution in [2.45, 2.75) is 25.5 Å². The highest BCUT2D eigenvalue weighted by Gasteiger charge is 2.32. The van der Waals surface area contributed by atoms with Gasteiger partial charge in [0.15, 0.2) is 11.6 Å². The molecule has 4 nitrogen and oxygen atoms in total. The van der Waals surface area contributed by atoms with Crippen LogP contribution in [0.5, 0.6) is 11.5 Å². The third-order valence-electron chi connectivity index (χ3n) is 5.04. The molecule has 0 aromatic heterocycles. The van der Waals surface area contributed by atoms with Crippen LogP contribution in [0.4, 0.5) is 13.2 Å². The Kier molecular flexibility index (Phi) is 4.81. The minimum atomic E-state index is -1.27. The van der Waals surface area contributed by atoms with Crippen LogP contribution in [0.15, 0.2) is 36.4 Å². The molecule has 0 fully saturated rings. The topological polar surface area (TPSA) is 68.3 Å². The van der Waals surface area contributed by atoms with Crippen LogP contribution < -0.4 is 15.2 Å². The predicted octanol–water partition coefficient (Wildman–Crippen LogP) is 4.53. The average molecular weight is 398 g/mol. The normalized spacial score (nSPS) is 18.1. The first-order valence-corrected chi connectivity index (χ1v) is 9.12. The molecule has 4 rings (SSSR count). The third kappa shape index (κ3) is 3.26. The second-order valence-corrected chi connectivity index (χ2v) is 6.85. The first-order chi connectivity index (χ1) is 13.9. The molecule has 0 saturated carbocycles. The number of ether oxygens (including phenoxy) is 2. The standard InChI is InChI=1S/C22H17F3N2O2/c1-2-28-21-8-13-11(5-12(21)10-26)3-4-20-14(13)7-19(27)22(29-20)15-6-17(24)18(25)9-16(15)23/h3-6,8-9,19,22H,2,7,27H2,1H3/t19-,22+/m0/s1. The fourth-order valence-corrected chi connectivity index (χ4v) is 3.69. The van der Waals surface area contributed by atoms with Crippen molar-refractivity contribution in [2.24, 2.45) is 5.73 Å².